The second kappa shape index (κ2) is 8.15. The molecular formula is C30H17NO2S. The van der Waals surface area contributed by atoms with Crippen molar-refractivity contribution in [3.8, 4) is 0 Å². The van der Waals surface area contributed by atoms with Crippen molar-refractivity contribution in [3.05, 3.63) is 136 Å². The zero-order valence-corrected chi connectivity index (χ0v) is 18.8. The summed E-state index contributed by atoms with van der Waals surface area (Å²) in [7, 11) is 0. The van der Waals surface area contributed by atoms with Crippen molar-refractivity contribution in [2.24, 2.45) is 0 Å². The fourth-order valence-corrected chi connectivity index (χ4v) is 5.31. The quantitative estimate of drug-likeness (QED) is 0.185. The smallest absolute Gasteiger partial charge is 0.197 e. The second-order valence-electron chi connectivity index (χ2n) is 7.95. The Morgan fingerprint density at radius 2 is 1.53 bits per heavy atom. The maximum Gasteiger partial charge on any atom is 0.197 e. The normalized spacial score (nSPS) is 14.0. The number of fused-ring (bicyclic) bond motifs is 2. The standard InChI is InChI=1S/C30H17NO2S/c32-29-24-14-6-7-15-25(24)30(33)26(29)19-22-17-18-28(34-22)31(21-11-2-1-3-12-21)27-16-8-10-20-9-4-5-13-23(20)27/h1-2,4-11,13-19H. The van der Waals surface area contributed by atoms with E-state index in [9.17, 15) is 9.59 Å². The van der Waals surface area contributed by atoms with Crippen LogP contribution in [0.4, 0.5) is 10.7 Å². The number of allylic oxidation sites excluding steroid dienone is 4. The highest BCUT2D eigenvalue weighted by molar-refractivity contribution is 7.17. The molecule has 0 bridgehead atoms. The first-order valence-electron chi connectivity index (χ1n) is 10.9. The number of thiophene rings is 1. The van der Waals surface area contributed by atoms with E-state index in [1.54, 1.807) is 30.3 Å². The van der Waals surface area contributed by atoms with Gasteiger partial charge in [0.05, 0.1) is 17.0 Å². The first kappa shape index (κ1) is 20.2. The first-order valence-corrected chi connectivity index (χ1v) is 11.7. The maximum absolute atomic E-state index is 12.8. The molecule has 1 aromatic heterocycles. The second-order valence-corrected chi connectivity index (χ2v) is 9.05. The van der Waals surface area contributed by atoms with E-state index >= 15 is 0 Å². The van der Waals surface area contributed by atoms with Crippen LogP contribution in [0.15, 0.2) is 120 Å². The van der Waals surface area contributed by atoms with Crippen LogP contribution in [0.2, 0.25) is 0 Å². The molecule has 34 heavy (non-hydrogen) atoms. The van der Waals surface area contributed by atoms with Gasteiger partial charge in [0.25, 0.3) is 0 Å². The summed E-state index contributed by atoms with van der Waals surface area (Å²) in [5.41, 5.74) is 9.32. The fourth-order valence-electron chi connectivity index (χ4n) is 4.33. The third-order valence-electron chi connectivity index (χ3n) is 5.91. The monoisotopic (exact) mass is 455 g/mol. The molecule has 0 N–H and O–H groups in total. The van der Waals surface area contributed by atoms with Crippen LogP contribution < -0.4 is 4.90 Å². The molecule has 6 rings (SSSR count). The van der Waals surface area contributed by atoms with Gasteiger partial charge in [0.15, 0.2) is 11.6 Å². The van der Waals surface area contributed by atoms with Gasteiger partial charge in [0.1, 0.15) is 5.00 Å². The van der Waals surface area contributed by atoms with Gasteiger partial charge in [-0.3, -0.25) is 14.5 Å². The lowest BCUT2D eigenvalue weighted by atomic mass is 10.1. The molecule has 0 fully saturated rings. The number of rotatable bonds is 4. The highest BCUT2D eigenvalue weighted by atomic mass is 32.1. The van der Waals surface area contributed by atoms with Gasteiger partial charge < -0.3 is 0 Å². The molecule has 4 heteroatoms. The summed E-state index contributed by atoms with van der Waals surface area (Å²) in [6.45, 7) is 0. The zero-order chi connectivity index (χ0) is 23.1. The zero-order valence-electron chi connectivity index (χ0n) is 18.0. The van der Waals surface area contributed by atoms with Crippen LogP contribution in [0.5, 0.6) is 0 Å². The lowest BCUT2D eigenvalue weighted by molar-refractivity contribution is 0.0990. The summed E-state index contributed by atoms with van der Waals surface area (Å²) >= 11 is 1.52. The van der Waals surface area contributed by atoms with Crippen LogP contribution in [0, 0.1) is 0 Å². The van der Waals surface area contributed by atoms with E-state index in [0.29, 0.717) is 11.1 Å². The lowest BCUT2D eigenvalue weighted by Crippen LogP contribution is -2.14. The molecule has 160 valence electrons. The van der Waals surface area contributed by atoms with E-state index in [4.69, 9.17) is 0 Å². The largest absolute Gasteiger partial charge is 0.294 e. The van der Waals surface area contributed by atoms with Crippen LogP contribution in [-0.2, 0) is 0 Å². The third-order valence-corrected chi connectivity index (χ3v) is 6.92. The fraction of sp³-hybridized carbons (Fsp3) is 0. The predicted molar refractivity (Wildman–Crippen MR) is 138 cm³/mol. The Balaban J connectivity index is 1.46. The van der Waals surface area contributed by atoms with Crippen molar-refractivity contribution < 1.29 is 9.59 Å². The minimum absolute atomic E-state index is 0.214. The van der Waals surface area contributed by atoms with Gasteiger partial charge >= 0.3 is 0 Å². The van der Waals surface area contributed by atoms with Crippen LogP contribution in [0.3, 0.4) is 0 Å². The van der Waals surface area contributed by atoms with Crippen molar-refractivity contribution in [1.82, 2.24) is 0 Å². The van der Waals surface area contributed by atoms with Crippen molar-refractivity contribution >= 4 is 50.4 Å². The minimum Gasteiger partial charge on any atom is -0.294 e. The Labute approximate surface area is 200 Å². The van der Waals surface area contributed by atoms with E-state index in [1.165, 1.54) is 11.3 Å². The summed E-state index contributed by atoms with van der Waals surface area (Å²) in [6, 6.07) is 25.4. The molecule has 0 radical (unpaired) electrons. The van der Waals surface area contributed by atoms with E-state index in [1.807, 2.05) is 48.6 Å². The molecule has 0 saturated carbocycles. The molecular weight excluding hydrogens is 438 g/mol. The summed E-state index contributed by atoms with van der Waals surface area (Å²) in [5, 5.41) is 3.21. The average Bonchev–Trinajstić information content (AvgIpc) is 3.44. The molecule has 2 aliphatic carbocycles. The highest BCUT2D eigenvalue weighted by Crippen LogP contribution is 2.40. The van der Waals surface area contributed by atoms with Crippen molar-refractivity contribution in [2.75, 3.05) is 4.90 Å². The van der Waals surface area contributed by atoms with Gasteiger partial charge in [0.2, 0.25) is 0 Å². The number of carbonyl (C=O) groups excluding carboxylic acids is 2. The third kappa shape index (κ3) is 3.31. The summed E-state index contributed by atoms with van der Waals surface area (Å²) in [4.78, 5) is 28.7. The lowest BCUT2D eigenvalue weighted by Gasteiger charge is -2.24. The maximum atomic E-state index is 12.8. The Morgan fingerprint density at radius 1 is 0.794 bits per heavy atom. The van der Waals surface area contributed by atoms with Crippen LogP contribution in [-0.4, -0.2) is 11.6 Å². The van der Waals surface area contributed by atoms with E-state index in [2.05, 4.69) is 40.6 Å². The molecule has 0 unspecified atom stereocenters. The van der Waals surface area contributed by atoms with Crippen LogP contribution in [0.25, 0.3) is 16.8 Å². The SMILES string of the molecule is O=C1C(=Cc2ccc(N(C3=C=C=CC=C3)c3cccc4ccccc34)s2)C(=O)c2ccccc21. The average molecular weight is 456 g/mol. The molecule has 3 aromatic carbocycles. The van der Waals surface area contributed by atoms with Gasteiger partial charge in [-0.1, -0.05) is 72.5 Å². The number of hydrogen-bond acceptors (Lipinski definition) is 4. The number of benzene rings is 3. The first-order chi connectivity index (χ1) is 16.7. The number of ketones is 2. The van der Waals surface area contributed by atoms with Crippen LogP contribution in [0.1, 0.15) is 25.6 Å². The van der Waals surface area contributed by atoms with Crippen molar-refractivity contribution in [1.29, 1.82) is 0 Å². The number of Topliss-reactive ketones (excluding diaryl/α,β-unsaturated/α-hetero) is 2. The summed E-state index contributed by atoms with van der Waals surface area (Å²) < 4.78 is 0. The van der Waals surface area contributed by atoms with Gasteiger partial charge in [-0.15, -0.1) is 11.3 Å². The number of anilines is 2. The number of hydrogen-bond donors (Lipinski definition) is 0. The molecule has 2 aliphatic rings. The van der Waals surface area contributed by atoms with E-state index in [-0.39, 0.29) is 17.1 Å². The molecule has 1 heterocycles. The number of carbonyl (C=O) groups is 2. The molecule has 0 amide bonds. The minimum atomic E-state index is -0.215. The Bertz CT molecular complexity index is 1630. The molecule has 0 saturated heterocycles. The molecule has 4 aromatic rings. The Hall–Kier alpha value is -4.46. The molecule has 3 nitrogen and oxygen atoms in total. The molecule has 0 atom stereocenters. The van der Waals surface area contributed by atoms with E-state index in [0.717, 1.165) is 32.0 Å². The van der Waals surface area contributed by atoms with Gasteiger partial charge in [-0.05, 0) is 47.5 Å². The number of nitrogens with zero attached hydrogens (tertiary/aromatic N) is 1. The van der Waals surface area contributed by atoms with Gasteiger partial charge in [-0.25, -0.2) is 0 Å². The topological polar surface area (TPSA) is 37.4 Å². The van der Waals surface area contributed by atoms with Crippen molar-refractivity contribution in [2.45, 2.75) is 0 Å². The molecule has 0 spiro atoms. The Morgan fingerprint density at radius 3 is 2.29 bits per heavy atom. The highest BCUT2D eigenvalue weighted by Gasteiger charge is 2.32. The van der Waals surface area contributed by atoms with Gasteiger partial charge in [-0.2, -0.15) is 0 Å². The predicted octanol–water partition coefficient (Wildman–Crippen LogP) is 7.27. The summed E-state index contributed by atoms with van der Waals surface area (Å²) in [6.07, 6.45) is 7.47. The van der Waals surface area contributed by atoms with Gasteiger partial charge in [0, 0.05) is 21.4 Å². The van der Waals surface area contributed by atoms with Crippen molar-refractivity contribution in [3.63, 3.8) is 0 Å². The molecule has 0 aliphatic heterocycles. The van der Waals surface area contributed by atoms with Crippen LogP contribution >= 0.6 is 11.3 Å². The summed E-state index contributed by atoms with van der Waals surface area (Å²) in [5.74, 6) is -0.431. The Kier molecular flexibility index (Phi) is 4.83. The van der Waals surface area contributed by atoms with E-state index < -0.39 is 0 Å².